The molecule has 8 nitrogen and oxygen atoms in total. The van der Waals surface area contributed by atoms with Gasteiger partial charge >= 0.3 is 6.03 Å². The van der Waals surface area contributed by atoms with Gasteiger partial charge in [0, 0.05) is 14.1 Å². The molecule has 86 valence electrons. The normalized spacial score (nSPS) is 9.80. The molecule has 0 radical (unpaired) electrons. The molecule has 1 rings (SSSR count). The van der Waals surface area contributed by atoms with Gasteiger partial charge in [-0.1, -0.05) is 11.3 Å². The number of hydrogen-bond donors (Lipinski definition) is 3. The van der Waals surface area contributed by atoms with Crippen LogP contribution in [-0.4, -0.2) is 38.7 Å². The Morgan fingerprint density at radius 3 is 2.13 bits per heavy atom. The molecular weight excluding hydrogens is 242 g/mol. The van der Waals surface area contributed by atoms with Crippen LogP contribution < -0.4 is 15.8 Å². The Hall–Kier alpha value is -1.26. The van der Waals surface area contributed by atoms with Crippen LogP contribution in [-0.2, 0) is 10.0 Å². The summed E-state index contributed by atoms with van der Waals surface area (Å²) in [4.78, 5) is 9.96. The number of nitrogens with two attached hydrogens (primary N) is 1. The lowest BCUT2D eigenvalue weighted by Crippen LogP contribution is -2.28. The van der Waals surface area contributed by atoms with E-state index in [-0.39, 0.29) is 10.4 Å². The van der Waals surface area contributed by atoms with Crippen LogP contribution in [0.25, 0.3) is 0 Å². The predicted octanol–water partition coefficient (Wildman–Crippen LogP) is -1.27. The molecule has 4 N–H and O–H groups in total. The molecule has 10 heteroatoms. The second-order valence-electron chi connectivity index (χ2n) is 2.08. The van der Waals surface area contributed by atoms with Gasteiger partial charge in [-0.05, 0) is 0 Å². The first-order valence-corrected chi connectivity index (χ1v) is 6.02. The lowest BCUT2D eigenvalue weighted by molar-refractivity contribution is 0.245. The number of carbonyl (C=O) groups excluding carboxylic acids is 1. The molecular formula is C5H11N5O3S2. The molecule has 0 aliphatic carbocycles. The SMILES string of the molecule is CNC(=O)NC.NS(=O)(=O)c1nncs1. The smallest absolute Gasteiger partial charge is 0.314 e. The summed E-state index contributed by atoms with van der Waals surface area (Å²) in [5.41, 5.74) is 1.31. The van der Waals surface area contributed by atoms with Gasteiger partial charge in [-0.25, -0.2) is 18.4 Å². The molecule has 0 fully saturated rings. The van der Waals surface area contributed by atoms with Crippen LogP contribution in [0.1, 0.15) is 0 Å². The summed E-state index contributed by atoms with van der Waals surface area (Å²) in [5.74, 6) is 0. The zero-order chi connectivity index (χ0) is 11.9. The average molecular weight is 253 g/mol. The number of rotatable bonds is 1. The fourth-order valence-electron chi connectivity index (χ4n) is 0.412. The number of urea groups is 1. The number of carbonyl (C=O) groups is 1. The number of aromatic nitrogens is 2. The number of nitrogens with zero attached hydrogens (tertiary/aromatic N) is 2. The van der Waals surface area contributed by atoms with Crippen molar-refractivity contribution in [1.82, 2.24) is 20.8 Å². The van der Waals surface area contributed by atoms with E-state index in [0.29, 0.717) is 0 Å². The second-order valence-corrected chi connectivity index (χ2v) is 4.65. The largest absolute Gasteiger partial charge is 0.341 e. The van der Waals surface area contributed by atoms with E-state index in [4.69, 9.17) is 0 Å². The zero-order valence-corrected chi connectivity index (χ0v) is 9.72. The zero-order valence-electron chi connectivity index (χ0n) is 8.09. The molecule has 0 aromatic carbocycles. The van der Waals surface area contributed by atoms with Gasteiger partial charge in [0.2, 0.25) is 4.34 Å². The third kappa shape index (κ3) is 5.93. The predicted molar refractivity (Wildman–Crippen MR) is 54.8 cm³/mol. The fourth-order valence-corrected chi connectivity index (χ4v) is 1.52. The molecule has 0 spiro atoms. The third-order valence-corrected chi connectivity index (χ3v) is 3.07. The van der Waals surface area contributed by atoms with E-state index < -0.39 is 10.0 Å². The lowest BCUT2D eigenvalue weighted by Gasteiger charge is -1.91. The van der Waals surface area contributed by atoms with E-state index in [9.17, 15) is 13.2 Å². The highest BCUT2D eigenvalue weighted by Gasteiger charge is 2.09. The minimum absolute atomic E-state index is 0.150. The first-order valence-electron chi connectivity index (χ1n) is 3.60. The standard InChI is InChI=1S/C3H8N2O.C2H3N3O2S2/c1-4-3(6)5-2;3-9(6,7)2-5-4-1-8-2/h1-2H3,(H2,4,5,6);1H,(H2,3,6,7). The van der Waals surface area contributed by atoms with Crippen LogP contribution in [0.2, 0.25) is 0 Å². The van der Waals surface area contributed by atoms with Crippen LogP contribution in [0.5, 0.6) is 0 Å². The van der Waals surface area contributed by atoms with Gasteiger partial charge < -0.3 is 10.6 Å². The maximum absolute atomic E-state index is 10.4. The minimum Gasteiger partial charge on any atom is -0.341 e. The van der Waals surface area contributed by atoms with Crippen molar-refractivity contribution in [2.24, 2.45) is 5.14 Å². The van der Waals surface area contributed by atoms with Crippen molar-refractivity contribution in [2.75, 3.05) is 14.1 Å². The number of hydrogen-bond acceptors (Lipinski definition) is 6. The number of amides is 2. The van der Waals surface area contributed by atoms with Crippen molar-refractivity contribution in [3.63, 3.8) is 0 Å². The molecule has 0 saturated heterocycles. The summed E-state index contributed by atoms with van der Waals surface area (Å²) in [7, 11) is -0.478. The van der Waals surface area contributed by atoms with Crippen molar-refractivity contribution >= 4 is 27.4 Å². The number of primary sulfonamides is 1. The Kier molecular flexibility index (Phi) is 5.74. The topological polar surface area (TPSA) is 127 Å². The van der Waals surface area contributed by atoms with E-state index in [1.807, 2.05) is 0 Å². The Morgan fingerprint density at radius 1 is 1.47 bits per heavy atom. The summed E-state index contributed by atoms with van der Waals surface area (Å²) in [6, 6.07) is -0.157. The van der Waals surface area contributed by atoms with E-state index >= 15 is 0 Å². The van der Waals surface area contributed by atoms with E-state index in [1.165, 1.54) is 5.51 Å². The van der Waals surface area contributed by atoms with Crippen LogP contribution in [0, 0.1) is 0 Å². The van der Waals surface area contributed by atoms with Crippen molar-refractivity contribution in [2.45, 2.75) is 4.34 Å². The highest BCUT2D eigenvalue weighted by molar-refractivity contribution is 7.91. The molecule has 0 aliphatic rings. The molecule has 2 amide bonds. The molecule has 0 atom stereocenters. The van der Waals surface area contributed by atoms with Crippen LogP contribution in [0.15, 0.2) is 9.85 Å². The average Bonchev–Trinajstić information content (AvgIpc) is 2.69. The van der Waals surface area contributed by atoms with Gasteiger partial charge in [-0.2, -0.15) is 0 Å². The highest BCUT2D eigenvalue weighted by atomic mass is 32.2. The quantitative estimate of drug-likeness (QED) is 0.575. The monoisotopic (exact) mass is 253 g/mol. The van der Waals surface area contributed by atoms with Crippen molar-refractivity contribution < 1.29 is 13.2 Å². The first-order chi connectivity index (χ1) is 6.91. The van der Waals surface area contributed by atoms with Gasteiger partial charge in [0.25, 0.3) is 10.0 Å². The molecule has 1 aromatic heterocycles. The van der Waals surface area contributed by atoms with Gasteiger partial charge in [-0.15, -0.1) is 10.2 Å². The van der Waals surface area contributed by atoms with Crippen molar-refractivity contribution in [3.8, 4) is 0 Å². The maximum atomic E-state index is 10.4. The maximum Gasteiger partial charge on any atom is 0.314 e. The Balaban J connectivity index is 0.000000288. The first kappa shape index (κ1) is 13.7. The van der Waals surface area contributed by atoms with E-state index in [2.05, 4.69) is 26.0 Å². The lowest BCUT2D eigenvalue weighted by atomic mass is 11.0. The Labute approximate surface area is 90.9 Å². The molecule has 0 unspecified atom stereocenters. The van der Waals surface area contributed by atoms with E-state index in [1.54, 1.807) is 14.1 Å². The summed E-state index contributed by atoms with van der Waals surface area (Å²) in [6.07, 6.45) is 0. The number of sulfonamides is 1. The highest BCUT2D eigenvalue weighted by Crippen LogP contribution is 2.05. The van der Waals surface area contributed by atoms with Crippen LogP contribution >= 0.6 is 11.3 Å². The summed E-state index contributed by atoms with van der Waals surface area (Å²) in [5, 5.41) is 16.0. The van der Waals surface area contributed by atoms with Gasteiger partial charge in [0.15, 0.2) is 0 Å². The van der Waals surface area contributed by atoms with Crippen molar-refractivity contribution in [1.29, 1.82) is 0 Å². The molecule has 0 aliphatic heterocycles. The summed E-state index contributed by atoms with van der Waals surface area (Å²) >= 11 is 0.895. The van der Waals surface area contributed by atoms with Gasteiger partial charge in [-0.3, -0.25) is 0 Å². The molecule has 1 heterocycles. The summed E-state index contributed by atoms with van der Waals surface area (Å²) < 4.78 is 20.6. The number of nitrogens with one attached hydrogen (secondary N) is 2. The molecule has 0 bridgehead atoms. The molecule has 15 heavy (non-hydrogen) atoms. The van der Waals surface area contributed by atoms with Gasteiger partial charge in [0.1, 0.15) is 5.51 Å². The second kappa shape index (κ2) is 6.27. The Morgan fingerprint density at radius 2 is 2.00 bits per heavy atom. The minimum atomic E-state index is -3.61. The molecule has 1 aromatic rings. The van der Waals surface area contributed by atoms with E-state index in [0.717, 1.165) is 11.3 Å². The fraction of sp³-hybridized carbons (Fsp3) is 0.400. The Bertz CT molecular complexity index is 381. The van der Waals surface area contributed by atoms with Crippen molar-refractivity contribution in [3.05, 3.63) is 5.51 Å². The molecule has 0 saturated carbocycles. The van der Waals surface area contributed by atoms with Crippen LogP contribution in [0.3, 0.4) is 0 Å². The third-order valence-electron chi connectivity index (χ3n) is 1.04. The summed E-state index contributed by atoms with van der Waals surface area (Å²) in [6.45, 7) is 0. The van der Waals surface area contributed by atoms with Gasteiger partial charge in [0.05, 0.1) is 0 Å². The van der Waals surface area contributed by atoms with Crippen LogP contribution in [0.4, 0.5) is 4.79 Å².